The van der Waals surface area contributed by atoms with E-state index in [-0.39, 0.29) is 6.09 Å². The zero-order chi connectivity index (χ0) is 21.9. The number of thiazole rings is 1. The summed E-state index contributed by atoms with van der Waals surface area (Å²) in [6, 6.07) is 16.9. The highest BCUT2D eigenvalue weighted by atomic mass is 32.1. The lowest BCUT2D eigenvalue weighted by Gasteiger charge is -2.28. The van der Waals surface area contributed by atoms with Crippen molar-refractivity contribution in [2.75, 3.05) is 19.6 Å². The van der Waals surface area contributed by atoms with Gasteiger partial charge in [0.25, 0.3) is 0 Å². The van der Waals surface area contributed by atoms with E-state index in [0.717, 1.165) is 35.0 Å². The third-order valence-electron chi connectivity index (χ3n) is 6.42. The molecule has 0 bridgehead atoms. The molecule has 6 heteroatoms. The van der Waals surface area contributed by atoms with Crippen molar-refractivity contribution in [1.82, 2.24) is 15.2 Å². The van der Waals surface area contributed by atoms with E-state index in [2.05, 4.69) is 36.5 Å². The molecule has 1 amide bonds. The SMILES string of the molecule is C[C@H]1CCC(c2ccc3sc(C4=CCN(C(=O)OCc5ccccc5)CC4)nc3c2)NC1. The van der Waals surface area contributed by atoms with Gasteiger partial charge in [-0.05, 0) is 60.6 Å². The van der Waals surface area contributed by atoms with Crippen LogP contribution in [0.4, 0.5) is 4.79 Å². The number of hydrogen-bond acceptors (Lipinski definition) is 5. The average Bonchev–Trinajstić information content (AvgIpc) is 3.27. The van der Waals surface area contributed by atoms with Crippen molar-refractivity contribution in [1.29, 1.82) is 0 Å². The number of carbonyl (C=O) groups excluding carboxylic acids is 1. The zero-order valence-corrected chi connectivity index (χ0v) is 19.2. The van der Waals surface area contributed by atoms with Crippen LogP contribution in [0.15, 0.2) is 54.6 Å². The molecule has 166 valence electrons. The maximum atomic E-state index is 12.4. The number of nitrogens with one attached hydrogen (secondary N) is 1. The Labute approximate surface area is 193 Å². The summed E-state index contributed by atoms with van der Waals surface area (Å²) in [6.45, 7) is 4.92. The second-order valence-electron chi connectivity index (χ2n) is 8.86. The quantitative estimate of drug-likeness (QED) is 0.551. The van der Waals surface area contributed by atoms with E-state index in [9.17, 15) is 4.79 Å². The fourth-order valence-corrected chi connectivity index (χ4v) is 5.44. The van der Waals surface area contributed by atoms with Crippen molar-refractivity contribution in [3.63, 3.8) is 0 Å². The van der Waals surface area contributed by atoms with Gasteiger partial charge < -0.3 is 15.0 Å². The molecule has 1 unspecified atom stereocenters. The van der Waals surface area contributed by atoms with Crippen LogP contribution in [-0.4, -0.2) is 35.6 Å². The van der Waals surface area contributed by atoms with E-state index in [4.69, 9.17) is 9.72 Å². The Morgan fingerprint density at radius 1 is 1.22 bits per heavy atom. The van der Waals surface area contributed by atoms with Crippen LogP contribution in [0, 0.1) is 5.92 Å². The van der Waals surface area contributed by atoms with E-state index in [1.165, 1.54) is 28.7 Å². The predicted molar refractivity (Wildman–Crippen MR) is 130 cm³/mol. The van der Waals surface area contributed by atoms with Gasteiger partial charge in [-0.3, -0.25) is 0 Å². The topological polar surface area (TPSA) is 54.5 Å². The van der Waals surface area contributed by atoms with Crippen molar-refractivity contribution >= 4 is 33.2 Å². The van der Waals surface area contributed by atoms with Crippen molar-refractivity contribution in [2.45, 2.75) is 38.8 Å². The third-order valence-corrected chi connectivity index (χ3v) is 7.53. The first kappa shape index (κ1) is 21.2. The fraction of sp³-hybridized carbons (Fsp3) is 0.385. The number of amides is 1. The van der Waals surface area contributed by atoms with Gasteiger partial charge in [-0.2, -0.15) is 0 Å². The molecule has 3 aromatic rings. The van der Waals surface area contributed by atoms with Crippen molar-refractivity contribution in [2.24, 2.45) is 5.92 Å². The van der Waals surface area contributed by atoms with Crippen LogP contribution in [0.5, 0.6) is 0 Å². The molecule has 1 fully saturated rings. The monoisotopic (exact) mass is 447 g/mol. The lowest BCUT2D eigenvalue weighted by atomic mass is 9.92. The average molecular weight is 448 g/mol. The predicted octanol–water partition coefficient (Wildman–Crippen LogP) is 5.78. The van der Waals surface area contributed by atoms with Crippen LogP contribution in [0.3, 0.4) is 0 Å². The minimum atomic E-state index is -0.257. The standard InChI is InChI=1S/C26H29N3O2S/c1-18-7-9-22(27-16-18)21-8-10-24-23(15-21)28-25(32-24)20-11-13-29(14-12-20)26(30)31-17-19-5-3-2-4-6-19/h2-6,8,10-11,15,18,22,27H,7,9,12-14,16-17H2,1H3/t18-,22?/m0/s1. The van der Waals surface area contributed by atoms with E-state index >= 15 is 0 Å². The summed E-state index contributed by atoms with van der Waals surface area (Å²) < 4.78 is 6.69. The normalized spacial score (nSPS) is 21.4. The number of nitrogens with zero attached hydrogens (tertiary/aromatic N) is 2. The van der Waals surface area contributed by atoms with Gasteiger partial charge in [0.05, 0.1) is 10.2 Å². The van der Waals surface area contributed by atoms with Gasteiger partial charge >= 0.3 is 6.09 Å². The van der Waals surface area contributed by atoms with E-state index < -0.39 is 0 Å². The van der Waals surface area contributed by atoms with Crippen molar-refractivity contribution in [3.05, 3.63) is 70.7 Å². The van der Waals surface area contributed by atoms with Crippen LogP contribution in [0.2, 0.25) is 0 Å². The summed E-state index contributed by atoms with van der Waals surface area (Å²) in [5, 5.41) is 4.74. The summed E-state index contributed by atoms with van der Waals surface area (Å²) in [4.78, 5) is 19.1. The van der Waals surface area contributed by atoms with Gasteiger partial charge in [0.15, 0.2) is 0 Å². The van der Waals surface area contributed by atoms with E-state index in [0.29, 0.717) is 25.7 Å². The highest BCUT2D eigenvalue weighted by Gasteiger charge is 2.22. The molecule has 5 nitrogen and oxygen atoms in total. The van der Waals surface area contributed by atoms with Gasteiger partial charge in [0.2, 0.25) is 0 Å². The molecule has 2 aromatic carbocycles. The molecule has 5 rings (SSSR count). The van der Waals surface area contributed by atoms with Crippen LogP contribution in [0.25, 0.3) is 15.8 Å². The first-order valence-corrected chi connectivity index (χ1v) is 12.3. The first-order chi connectivity index (χ1) is 15.7. The summed E-state index contributed by atoms with van der Waals surface area (Å²) in [5.74, 6) is 0.759. The largest absolute Gasteiger partial charge is 0.445 e. The third kappa shape index (κ3) is 4.71. The molecule has 0 aliphatic carbocycles. The zero-order valence-electron chi connectivity index (χ0n) is 18.4. The Hall–Kier alpha value is -2.70. The number of ether oxygens (including phenoxy) is 1. The van der Waals surface area contributed by atoms with Crippen molar-refractivity contribution < 1.29 is 9.53 Å². The number of piperidine rings is 1. The lowest BCUT2D eigenvalue weighted by Crippen LogP contribution is -2.35. The van der Waals surface area contributed by atoms with Gasteiger partial charge in [0.1, 0.15) is 11.6 Å². The molecule has 0 radical (unpaired) electrons. The van der Waals surface area contributed by atoms with Gasteiger partial charge in [-0.15, -0.1) is 11.3 Å². The minimum Gasteiger partial charge on any atom is -0.445 e. The molecule has 0 saturated carbocycles. The number of benzene rings is 2. The molecule has 32 heavy (non-hydrogen) atoms. The smallest absolute Gasteiger partial charge is 0.410 e. The fourth-order valence-electron chi connectivity index (χ4n) is 4.42. The molecular weight excluding hydrogens is 418 g/mol. The number of fused-ring (bicyclic) bond motifs is 1. The Bertz CT molecular complexity index is 1120. The molecule has 1 aromatic heterocycles. The Balaban J connectivity index is 1.22. The molecule has 3 heterocycles. The number of hydrogen-bond donors (Lipinski definition) is 1. The summed E-state index contributed by atoms with van der Waals surface area (Å²) in [6.07, 6.45) is 5.12. The maximum absolute atomic E-state index is 12.4. The number of aromatic nitrogens is 1. The second-order valence-corrected chi connectivity index (χ2v) is 9.89. The lowest BCUT2D eigenvalue weighted by molar-refractivity contribution is 0.0998. The number of rotatable bonds is 4. The van der Waals surface area contributed by atoms with Crippen LogP contribution < -0.4 is 5.32 Å². The molecule has 2 aliphatic rings. The summed E-state index contributed by atoms with van der Waals surface area (Å²) in [7, 11) is 0. The second kappa shape index (κ2) is 9.43. The summed E-state index contributed by atoms with van der Waals surface area (Å²) >= 11 is 1.74. The maximum Gasteiger partial charge on any atom is 0.410 e. The van der Waals surface area contributed by atoms with Crippen molar-refractivity contribution in [3.8, 4) is 0 Å². The Kier molecular flexibility index (Phi) is 6.23. The van der Waals surface area contributed by atoms with Crippen LogP contribution in [0.1, 0.15) is 48.4 Å². The molecule has 2 aliphatic heterocycles. The van der Waals surface area contributed by atoms with Gasteiger partial charge in [-0.25, -0.2) is 9.78 Å². The molecule has 1 N–H and O–H groups in total. The van der Waals surface area contributed by atoms with Gasteiger partial charge in [0, 0.05) is 19.1 Å². The molecule has 0 spiro atoms. The Morgan fingerprint density at radius 3 is 2.84 bits per heavy atom. The first-order valence-electron chi connectivity index (χ1n) is 11.4. The highest BCUT2D eigenvalue weighted by Crippen LogP contribution is 2.33. The van der Waals surface area contributed by atoms with Crippen LogP contribution in [-0.2, 0) is 11.3 Å². The van der Waals surface area contributed by atoms with Crippen LogP contribution >= 0.6 is 11.3 Å². The molecular formula is C26H29N3O2S. The molecule has 1 saturated heterocycles. The molecule has 2 atom stereocenters. The summed E-state index contributed by atoms with van der Waals surface area (Å²) in [5.41, 5.74) is 4.64. The number of carbonyl (C=O) groups is 1. The highest BCUT2D eigenvalue weighted by molar-refractivity contribution is 7.19. The van der Waals surface area contributed by atoms with E-state index in [1.54, 1.807) is 16.2 Å². The Morgan fingerprint density at radius 2 is 2.09 bits per heavy atom. The van der Waals surface area contributed by atoms with Gasteiger partial charge in [-0.1, -0.05) is 49.4 Å². The minimum absolute atomic E-state index is 0.257. The van der Waals surface area contributed by atoms with E-state index in [1.807, 2.05) is 30.3 Å².